The van der Waals surface area contributed by atoms with Gasteiger partial charge in [0.25, 0.3) is 0 Å². The van der Waals surface area contributed by atoms with Crippen LogP contribution in [-0.4, -0.2) is 19.4 Å². The van der Waals surface area contributed by atoms with E-state index in [2.05, 4.69) is 6.92 Å². The molecule has 5 heteroatoms. The van der Waals surface area contributed by atoms with Gasteiger partial charge < -0.3 is 18.9 Å². The minimum Gasteiger partial charge on any atom is -0.454 e. The van der Waals surface area contributed by atoms with Gasteiger partial charge in [-0.2, -0.15) is 0 Å². The van der Waals surface area contributed by atoms with Crippen LogP contribution in [0, 0.1) is 5.92 Å². The van der Waals surface area contributed by atoms with Gasteiger partial charge in [0.15, 0.2) is 28.8 Å². The molecule has 0 saturated heterocycles. The van der Waals surface area contributed by atoms with E-state index in [0.29, 0.717) is 11.5 Å². The Morgan fingerprint density at radius 2 is 1.46 bits per heavy atom. The third kappa shape index (κ3) is 2.83. The number of carbonyl (C=O) groups excluding carboxylic acids is 1. The predicted molar refractivity (Wildman–Crippen MR) is 104 cm³/mol. The molecule has 142 valence electrons. The van der Waals surface area contributed by atoms with E-state index in [9.17, 15) is 4.79 Å². The first kappa shape index (κ1) is 16.9. The molecule has 28 heavy (non-hydrogen) atoms. The Kier molecular flexibility index (Phi) is 4.08. The number of hydrogen-bond donors (Lipinski definition) is 0. The van der Waals surface area contributed by atoms with E-state index in [1.807, 2.05) is 48.6 Å². The molecule has 0 amide bonds. The summed E-state index contributed by atoms with van der Waals surface area (Å²) in [5, 5.41) is 0. The molecule has 5 nitrogen and oxygen atoms in total. The van der Waals surface area contributed by atoms with Crippen LogP contribution in [0.15, 0.2) is 47.5 Å². The Labute approximate surface area is 163 Å². The molecule has 2 aromatic rings. The van der Waals surface area contributed by atoms with Crippen molar-refractivity contribution in [3.05, 3.63) is 58.7 Å². The zero-order valence-electron chi connectivity index (χ0n) is 15.6. The summed E-state index contributed by atoms with van der Waals surface area (Å²) in [6, 6.07) is 11.5. The van der Waals surface area contributed by atoms with E-state index >= 15 is 0 Å². The largest absolute Gasteiger partial charge is 0.454 e. The molecule has 0 unspecified atom stereocenters. The maximum absolute atomic E-state index is 13.3. The van der Waals surface area contributed by atoms with Crippen LogP contribution < -0.4 is 18.9 Å². The minimum absolute atomic E-state index is 0.0757. The molecular formula is C23H20O5. The van der Waals surface area contributed by atoms with E-state index in [0.717, 1.165) is 46.6 Å². The van der Waals surface area contributed by atoms with Crippen LogP contribution in [0.4, 0.5) is 0 Å². The van der Waals surface area contributed by atoms with Gasteiger partial charge in [-0.1, -0.05) is 31.2 Å². The molecule has 1 aliphatic carbocycles. The van der Waals surface area contributed by atoms with Crippen molar-refractivity contribution in [3.8, 4) is 23.0 Å². The summed E-state index contributed by atoms with van der Waals surface area (Å²) < 4.78 is 22.1. The summed E-state index contributed by atoms with van der Waals surface area (Å²) in [5.74, 6) is 3.11. The predicted octanol–water partition coefficient (Wildman–Crippen LogP) is 4.61. The lowest BCUT2D eigenvalue weighted by atomic mass is 9.80. The fourth-order valence-electron chi connectivity index (χ4n) is 3.88. The molecule has 0 aromatic heterocycles. The van der Waals surface area contributed by atoms with Crippen LogP contribution in [0.1, 0.15) is 30.9 Å². The summed E-state index contributed by atoms with van der Waals surface area (Å²) in [6.07, 6.45) is 5.55. The van der Waals surface area contributed by atoms with Crippen molar-refractivity contribution in [1.82, 2.24) is 0 Å². The molecule has 2 aromatic carbocycles. The molecule has 0 spiro atoms. The fraction of sp³-hybridized carbons (Fsp3) is 0.261. The molecule has 1 saturated carbocycles. The quantitative estimate of drug-likeness (QED) is 0.717. The normalized spacial score (nSPS) is 22.9. The van der Waals surface area contributed by atoms with Crippen LogP contribution in [0.5, 0.6) is 23.0 Å². The first-order valence-electron chi connectivity index (χ1n) is 9.45. The SMILES string of the molecule is C[C@H]1CC/C(=C/c2cccc3c2OCO3)C(=O)C1=Cc1cccc2c1OCO2. The highest BCUT2D eigenvalue weighted by atomic mass is 16.7. The second-order valence-corrected chi connectivity index (χ2v) is 7.20. The van der Waals surface area contributed by atoms with E-state index < -0.39 is 0 Å². The third-order valence-electron chi connectivity index (χ3n) is 5.43. The number of hydrogen-bond acceptors (Lipinski definition) is 5. The lowest BCUT2D eigenvalue weighted by Crippen LogP contribution is -2.19. The highest BCUT2D eigenvalue weighted by Gasteiger charge is 2.28. The number of ether oxygens (including phenoxy) is 4. The first-order chi connectivity index (χ1) is 13.7. The topological polar surface area (TPSA) is 54.0 Å². The molecule has 5 rings (SSSR count). The Bertz CT molecular complexity index is 1020. The van der Waals surface area contributed by atoms with Gasteiger partial charge in [0.05, 0.1) is 0 Å². The van der Waals surface area contributed by atoms with Gasteiger partial charge in [-0.15, -0.1) is 0 Å². The van der Waals surface area contributed by atoms with Gasteiger partial charge in [0.1, 0.15) is 0 Å². The summed E-state index contributed by atoms with van der Waals surface area (Å²) in [6.45, 7) is 2.52. The summed E-state index contributed by atoms with van der Waals surface area (Å²) in [4.78, 5) is 13.3. The smallest absolute Gasteiger partial charge is 0.231 e. The number of rotatable bonds is 2. The highest BCUT2D eigenvalue weighted by Crippen LogP contribution is 2.41. The zero-order valence-corrected chi connectivity index (χ0v) is 15.6. The van der Waals surface area contributed by atoms with Crippen molar-refractivity contribution in [2.75, 3.05) is 13.6 Å². The maximum atomic E-state index is 13.3. The number of para-hydroxylation sites is 2. The Morgan fingerprint density at radius 3 is 2.11 bits per heavy atom. The summed E-state index contributed by atoms with van der Waals surface area (Å²) in [5.41, 5.74) is 3.34. The lowest BCUT2D eigenvalue weighted by Gasteiger charge is -2.23. The molecule has 0 N–H and O–H groups in total. The number of ketones is 1. The first-order valence-corrected chi connectivity index (χ1v) is 9.45. The lowest BCUT2D eigenvalue weighted by molar-refractivity contribution is -0.113. The number of allylic oxidation sites excluding steroid dienone is 2. The van der Waals surface area contributed by atoms with Crippen LogP contribution in [0.2, 0.25) is 0 Å². The fourth-order valence-corrected chi connectivity index (χ4v) is 3.88. The molecule has 1 fully saturated rings. The molecule has 0 bridgehead atoms. The van der Waals surface area contributed by atoms with Crippen molar-refractivity contribution in [3.63, 3.8) is 0 Å². The molecule has 2 aliphatic heterocycles. The molecular weight excluding hydrogens is 356 g/mol. The molecule has 2 heterocycles. The average Bonchev–Trinajstić information content (AvgIpc) is 3.37. The second kappa shape index (κ2) is 6.75. The highest BCUT2D eigenvalue weighted by molar-refractivity contribution is 6.14. The summed E-state index contributed by atoms with van der Waals surface area (Å²) in [7, 11) is 0. The zero-order chi connectivity index (χ0) is 19.1. The van der Waals surface area contributed by atoms with Crippen molar-refractivity contribution < 1.29 is 23.7 Å². The average molecular weight is 376 g/mol. The Balaban J connectivity index is 1.52. The van der Waals surface area contributed by atoms with Crippen molar-refractivity contribution >= 4 is 17.9 Å². The third-order valence-corrected chi connectivity index (χ3v) is 5.43. The Morgan fingerprint density at radius 1 is 0.857 bits per heavy atom. The number of Topliss-reactive ketones (excluding diaryl/α,β-unsaturated/α-hetero) is 1. The summed E-state index contributed by atoms with van der Waals surface area (Å²) >= 11 is 0. The van der Waals surface area contributed by atoms with E-state index in [1.165, 1.54) is 0 Å². The van der Waals surface area contributed by atoms with Gasteiger partial charge in [0.2, 0.25) is 13.6 Å². The van der Waals surface area contributed by atoms with Crippen molar-refractivity contribution in [1.29, 1.82) is 0 Å². The number of fused-ring (bicyclic) bond motifs is 2. The second-order valence-electron chi connectivity index (χ2n) is 7.20. The van der Waals surface area contributed by atoms with Gasteiger partial charge in [-0.25, -0.2) is 0 Å². The van der Waals surface area contributed by atoms with E-state index in [-0.39, 0.29) is 25.3 Å². The van der Waals surface area contributed by atoms with Gasteiger partial charge >= 0.3 is 0 Å². The van der Waals surface area contributed by atoms with E-state index in [1.54, 1.807) is 0 Å². The molecule has 1 atom stereocenters. The minimum atomic E-state index is 0.0757. The molecule has 3 aliphatic rings. The standard InChI is InChI=1S/C23H20O5/c1-14-8-9-15(10-16-4-2-6-19-22(16)27-12-25-19)21(24)18(14)11-17-5-3-7-20-23(17)28-13-26-20/h2-7,10-11,14H,8-9,12-13H2,1H3/b15-10-,18-11?/t14-/m0/s1. The van der Waals surface area contributed by atoms with Crippen molar-refractivity contribution in [2.45, 2.75) is 19.8 Å². The van der Waals surface area contributed by atoms with Crippen LogP contribution in [-0.2, 0) is 4.79 Å². The van der Waals surface area contributed by atoms with Gasteiger partial charge in [-0.05, 0) is 43.0 Å². The van der Waals surface area contributed by atoms with Crippen LogP contribution >= 0.6 is 0 Å². The van der Waals surface area contributed by atoms with Crippen LogP contribution in [0.3, 0.4) is 0 Å². The van der Waals surface area contributed by atoms with Crippen molar-refractivity contribution in [2.24, 2.45) is 5.92 Å². The molecule has 0 radical (unpaired) electrons. The Hall–Kier alpha value is -3.21. The van der Waals surface area contributed by atoms with Crippen LogP contribution in [0.25, 0.3) is 12.2 Å². The monoisotopic (exact) mass is 376 g/mol. The van der Waals surface area contributed by atoms with Gasteiger partial charge in [0, 0.05) is 22.3 Å². The maximum Gasteiger partial charge on any atom is 0.231 e. The van der Waals surface area contributed by atoms with E-state index in [4.69, 9.17) is 18.9 Å². The number of benzene rings is 2. The number of carbonyl (C=O) groups is 1. The van der Waals surface area contributed by atoms with Gasteiger partial charge in [-0.3, -0.25) is 4.79 Å².